The van der Waals surface area contributed by atoms with E-state index in [1.165, 1.54) is 0 Å². The van der Waals surface area contributed by atoms with Gasteiger partial charge in [-0.05, 0) is 43.3 Å². The van der Waals surface area contributed by atoms with Crippen LogP contribution in [0.15, 0.2) is 73.1 Å². The lowest BCUT2D eigenvalue weighted by atomic mass is 10.2. The normalized spacial score (nSPS) is 11.5. The third-order valence-electron chi connectivity index (χ3n) is 3.50. The average Bonchev–Trinajstić information content (AvgIpc) is 2.64. The maximum Gasteiger partial charge on any atom is 0.265 e. The average molecular weight is 369 g/mol. The van der Waals surface area contributed by atoms with Crippen LogP contribution >= 0.6 is 11.6 Å². The van der Waals surface area contributed by atoms with Crippen molar-refractivity contribution in [1.29, 1.82) is 0 Å². The molecule has 0 aliphatic rings. The third-order valence-corrected chi connectivity index (χ3v) is 3.81. The maximum atomic E-state index is 12.4. The molecule has 0 saturated carbocycles. The predicted molar refractivity (Wildman–Crippen MR) is 101 cm³/mol. The fraction of sp³-hybridized carbons (Fsp3) is 0.100. The number of pyridine rings is 1. The fourth-order valence-electron chi connectivity index (χ4n) is 2.21. The Hall–Kier alpha value is -3.05. The molecule has 1 N–H and O–H groups in total. The number of halogens is 1. The summed E-state index contributed by atoms with van der Waals surface area (Å²) in [6.45, 7) is 1.66. The Balaban J connectivity index is 1.64. The Morgan fingerprint density at radius 1 is 1.04 bits per heavy atom. The van der Waals surface area contributed by atoms with E-state index < -0.39 is 6.10 Å². The number of carbonyl (C=O) groups is 1. The van der Waals surface area contributed by atoms with Gasteiger partial charge in [0.25, 0.3) is 5.91 Å². The van der Waals surface area contributed by atoms with Crippen LogP contribution < -0.4 is 14.8 Å². The summed E-state index contributed by atoms with van der Waals surface area (Å²) < 4.78 is 11.4. The minimum Gasteiger partial charge on any atom is -0.479 e. The first-order chi connectivity index (χ1) is 12.6. The number of nitrogens with one attached hydrogen (secondary N) is 1. The van der Waals surface area contributed by atoms with Gasteiger partial charge in [0.2, 0.25) is 0 Å². The molecule has 3 aromatic rings. The first-order valence-corrected chi connectivity index (χ1v) is 8.39. The molecular formula is C20H17ClN2O3. The van der Waals surface area contributed by atoms with E-state index in [9.17, 15) is 4.79 Å². The van der Waals surface area contributed by atoms with E-state index in [0.717, 1.165) is 0 Å². The quantitative estimate of drug-likeness (QED) is 0.670. The monoisotopic (exact) mass is 368 g/mol. The van der Waals surface area contributed by atoms with Crippen LogP contribution in [0.1, 0.15) is 6.92 Å². The molecule has 26 heavy (non-hydrogen) atoms. The standard InChI is InChI=1S/C20H17ClN2O3/c1-14(25-19-8-3-2-7-18(19)21)20(24)23-15-5-4-6-17(13-15)26-16-9-11-22-12-10-16/h2-14H,1H3,(H,23,24). The van der Waals surface area contributed by atoms with Crippen LogP contribution in [0.3, 0.4) is 0 Å². The second-order valence-electron chi connectivity index (χ2n) is 5.49. The van der Waals surface area contributed by atoms with Gasteiger partial charge < -0.3 is 14.8 Å². The van der Waals surface area contributed by atoms with Gasteiger partial charge in [-0.2, -0.15) is 0 Å². The maximum absolute atomic E-state index is 12.4. The molecule has 0 bridgehead atoms. The molecule has 0 saturated heterocycles. The summed E-state index contributed by atoms with van der Waals surface area (Å²) in [5.74, 6) is 1.45. The number of carbonyl (C=O) groups excluding carboxylic acids is 1. The molecular weight excluding hydrogens is 352 g/mol. The molecule has 0 aliphatic heterocycles. The van der Waals surface area contributed by atoms with Crippen LogP contribution in [0.5, 0.6) is 17.2 Å². The fourth-order valence-corrected chi connectivity index (χ4v) is 2.39. The van der Waals surface area contributed by atoms with E-state index in [4.69, 9.17) is 21.1 Å². The first kappa shape index (κ1) is 17.8. The van der Waals surface area contributed by atoms with Crippen molar-refractivity contribution in [3.63, 3.8) is 0 Å². The van der Waals surface area contributed by atoms with Crippen molar-refractivity contribution in [2.75, 3.05) is 5.32 Å². The molecule has 0 fully saturated rings. The Kier molecular flexibility index (Phi) is 5.71. The van der Waals surface area contributed by atoms with Crippen molar-refractivity contribution in [3.8, 4) is 17.2 Å². The van der Waals surface area contributed by atoms with Crippen LogP contribution in [0.25, 0.3) is 0 Å². The predicted octanol–water partition coefficient (Wildman–Crippen LogP) is 4.93. The SMILES string of the molecule is CC(Oc1ccccc1Cl)C(=O)Nc1cccc(Oc2ccncc2)c1. The molecule has 132 valence electrons. The Bertz CT molecular complexity index is 887. The van der Waals surface area contributed by atoms with Crippen molar-refractivity contribution in [2.24, 2.45) is 0 Å². The van der Waals surface area contributed by atoms with E-state index in [1.807, 2.05) is 0 Å². The highest BCUT2D eigenvalue weighted by Gasteiger charge is 2.16. The minimum absolute atomic E-state index is 0.286. The molecule has 1 unspecified atom stereocenters. The Morgan fingerprint density at radius 2 is 1.81 bits per heavy atom. The van der Waals surface area contributed by atoms with Crippen molar-refractivity contribution in [3.05, 3.63) is 78.1 Å². The van der Waals surface area contributed by atoms with Crippen LogP contribution in [-0.4, -0.2) is 17.0 Å². The third kappa shape index (κ3) is 4.74. The zero-order chi connectivity index (χ0) is 18.4. The number of ether oxygens (including phenoxy) is 2. The van der Waals surface area contributed by atoms with Gasteiger partial charge in [0.15, 0.2) is 6.10 Å². The second-order valence-corrected chi connectivity index (χ2v) is 5.90. The summed E-state index contributed by atoms with van der Waals surface area (Å²) in [6.07, 6.45) is 2.59. The molecule has 0 radical (unpaired) electrons. The number of aromatic nitrogens is 1. The van der Waals surface area contributed by atoms with E-state index in [1.54, 1.807) is 80.0 Å². The van der Waals surface area contributed by atoms with Gasteiger partial charge in [-0.25, -0.2) is 0 Å². The van der Waals surface area contributed by atoms with E-state index in [-0.39, 0.29) is 5.91 Å². The van der Waals surface area contributed by atoms with Crippen molar-refractivity contribution in [1.82, 2.24) is 4.98 Å². The van der Waals surface area contributed by atoms with E-state index >= 15 is 0 Å². The molecule has 1 heterocycles. The van der Waals surface area contributed by atoms with Crippen LogP contribution in [0.4, 0.5) is 5.69 Å². The van der Waals surface area contributed by atoms with Gasteiger partial charge in [-0.1, -0.05) is 29.8 Å². The zero-order valence-electron chi connectivity index (χ0n) is 14.1. The van der Waals surface area contributed by atoms with Crippen LogP contribution in [-0.2, 0) is 4.79 Å². The molecule has 5 nitrogen and oxygen atoms in total. The summed E-state index contributed by atoms with van der Waals surface area (Å²) in [5.41, 5.74) is 0.608. The van der Waals surface area contributed by atoms with E-state index in [0.29, 0.717) is 28.0 Å². The highest BCUT2D eigenvalue weighted by molar-refractivity contribution is 6.32. The lowest BCUT2D eigenvalue weighted by Gasteiger charge is -2.16. The summed E-state index contributed by atoms with van der Waals surface area (Å²) in [4.78, 5) is 16.3. The molecule has 0 aliphatic carbocycles. The molecule has 1 atom stereocenters. The lowest BCUT2D eigenvalue weighted by molar-refractivity contribution is -0.122. The van der Waals surface area contributed by atoms with Gasteiger partial charge in [-0.15, -0.1) is 0 Å². The zero-order valence-corrected chi connectivity index (χ0v) is 14.8. The van der Waals surface area contributed by atoms with Gasteiger partial charge >= 0.3 is 0 Å². The van der Waals surface area contributed by atoms with Gasteiger partial charge in [0.1, 0.15) is 17.2 Å². The summed E-state index contributed by atoms with van der Waals surface area (Å²) in [7, 11) is 0. The molecule has 2 aromatic carbocycles. The van der Waals surface area contributed by atoms with Crippen molar-refractivity contribution < 1.29 is 14.3 Å². The number of para-hydroxylation sites is 1. The molecule has 1 aromatic heterocycles. The van der Waals surface area contributed by atoms with Gasteiger partial charge in [0, 0.05) is 24.1 Å². The number of rotatable bonds is 6. The highest BCUT2D eigenvalue weighted by atomic mass is 35.5. The van der Waals surface area contributed by atoms with Crippen molar-refractivity contribution >= 4 is 23.2 Å². The van der Waals surface area contributed by atoms with Crippen LogP contribution in [0, 0.1) is 0 Å². The number of nitrogens with zero attached hydrogens (tertiary/aromatic N) is 1. The first-order valence-electron chi connectivity index (χ1n) is 8.02. The number of hydrogen-bond donors (Lipinski definition) is 1. The van der Waals surface area contributed by atoms with Crippen molar-refractivity contribution in [2.45, 2.75) is 13.0 Å². The minimum atomic E-state index is -0.709. The Labute approximate surface area is 156 Å². The van der Waals surface area contributed by atoms with E-state index in [2.05, 4.69) is 10.3 Å². The highest BCUT2D eigenvalue weighted by Crippen LogP contribution is 2.26. The summed E-state index contributed by atoms with van der Waals surface area (Å²) >= 11 is 6.05. The van der Waals surface area contributed by atoms with Crippen LogP contribution in [0.2, 0.25) is 5.02 Å². The number of amides is 1. The smallest absolute Gasteiger partial charge is 0.265 e. The topological polar surface area (TPSA) is 60.5 Å². The molecule has 1 amide bonds. The molecule has 6 heteroatoms. The second kappa shape index (κ2) is 8.36. The molecule has 0 spiro atoms. The Morgan fingerprint density at radius 3 is 2.58 bits per heavy atom. The van der Waals surface area contributed by atoms with Gasteiger partial charge in [-0.3, -0.25) is 9.78 Å². The lowest BCUT2D eigenvalue weighted by Crippen LogP contribution is -2.30. The van der Waals surface area contributed by atoms with Gasteiger partial charge in [0.05, 0.1) is 5.02 Å². The number of hydrogen-bond acceptors (Lipinski definition) is 4. The molecule has 3 rings (SSSR count). The summed E-state index contributed by atoms with van der Waals surface area (Å²) in [6, 6.07) is 17.7. The number of anilines is 1. The number of benzene rings is 2. The largest absolute Gasteiger partial charge is 0.479 e. The summed E-state index contributed by atoms with van der Waals surface area (Å²) in [5, 5.41) is 3.27.